The summed E-state index contributed by atoms with van der Waals surface area (Å²) in [6, 6.07) is 13.9. The van der Waals surface area contributed by atoms with Crippen molar-refractivity contribution in [2.24, 2.45) is 0 Å². The maximum absolute atomic E-state index is 12.9. The molecule has 1 aromatic carbocycles. The first-order valence-corrected chi connectivity index (χ1v) is 14.2. The number of hydrogen-bond donors (Lipinski definition) is 1. The molecule has 0 amide bonds. The number of allylic oxidation sites excluding steroid dienone is 1. The van der Waals surface area contributed by atoms with Gasteiger partial charge in [0.05, 0.1) is 10.7 Å². The van der Waals surface area contributed by atoms with Gasteiger partial charge in [-0.05, 0) is 92.6 Å². The summed E-state index contributed by atoms with van der Waals surface area (Å²) in [4.78, 5) is 19.9. The molecule has 198 valence electrons. The Hall–Kier alpha value is -2.93. The Balaban J connectivity index is 1.15. The van der Waals surface area contributed by atoms with Crippen LogP contribution in [0.5, 0.6) is 5.75 Å². The summed E-state index contributed by atoms with van der Waals surface area (Å²) in [5, 5.41) is 4.25. The molecule has 2 aromatic heterocycles. The minimum Gasteiger partial charge on any atom is -0.487 e. The van der Waals surface area contributed by atoms with Gasteiger partial charge in [0, 0.05) is 42.8 Å². The van der Waals surface area contributed by atoms with Crippen molar-refractivity contribution >= 4 is 23.4 Å². The Morgan fingerprint density at radius 1 is 1.05 bits per heavy atom. The fourth-order valence-corrected chi connectivity index (χ4v) is 6.42. The number of fused-ring (bicyclic) bond motifs is 1. The highest BCUT2D eigenvalue weighted by atomic mass is 35.5. The molecule has 38 heavy (non-hydrogen) atoms. The molecule has 1 aliphatic carbocycles. The summed E-state index contributed by atoms with van der Waals surface area (Å²) in [5.41, 5.74) is 6.02. The fourth-order valence-electron chi connectivity index (χ4n) is 6.31. The lowest BCUT2D eigenvalue weighted by molar-refractivity contribution is 0.0187. The molecule has 0 bridgehead atoms. The van der Waals surface area contributed by atoms with Crippen LogP contribution in [0.25, 0.3) is 11.8 Å². The summed E-state index contributed by atoms with van der Waals surface area (Å²) in [5.74, 6) is 0.535. The smallest absolute Gasteiger partial charge is 0.258 e. The van der Waals surface area contributed by atoms with E-state index >= 15 is 0 Å². The number of piperidine rings is 2. The van der Waals surface area contributed by atoms with E-state index in [1.54, 1.807) is 22.9 Å². The fraction of sp³-hybridized carbons (Fsp3) is 0.419. The minimum atomic E-state index is -0.0885. The Kier molecular flexibility index (Phi) is 7.37. The summed E-state index contributed by atoms with van der Waals surface area (Å²) >= 11 is 5.89. The highest BCUT2D eigenvalue weighted by Gasteiger charge is 2.39. The van der Waals surface area contributed by atoms with Crippen molar-refractivity contribution in [2.45, 2.75) is 63.6 Å². The van der Waals surface area contributed by atoms with Crippen molar-refractivity contribution in [1.82, 2.24) is 19.8 Å². The summed E-state index contributed by atoms with van der Waals surface area (Å²) < 4.78 is 7.52. The molecule has 6 nitrogen and oxygen atoms in total. The number of benzene rings is 1. The van der Waals surface area contributed by atoms with Gasteiger partial charge in [0.15, 0.2) is 0 Å². The van der Waals surface area contributed by atoms with E-state index in [9.17, 15) is 4.79 Å². The molecule has 4 heterocycles. The first-order valence-electron chi connectivity index (χ1n) is 13.8. The highest BCUT2D eigenvalue weighted by Crippen LogP contribution is 2.35. The molecule has 2 fully saturated rings. The second-order valence-electron chi connectivity index (χ2n) is 10.9. The molecule has 1 spiro atoms. The van der Waals surface area contributed by atoms with Gasteiger partial charge in [0.1, 0.15) is 12.4 Å². The van der Waals surface area contributed by atoms with Crippen LogP contribution in [0.1, 0.15) is 60.9 Å². The number of halogens is 1. The summed E-state index contributed by atoms with van der Waals surface area (Å²) in [6.07, 6.45) is 13.9. The maximum Gasteiger partial charge on any atom is 0.258 e. The zero-order chi connectivity index (χ0) is 26.0. The maximum atomic E-state index is 12.9. The van der Waals surface area contributed by atoms with Gasteiger partial charge < -0.3 is 10.1 Å². The normalized spacial score (nSPS) is 21.7. The molecular formula is C31H35ClN4O2. The second-order valence-corrected chi connectivity index (χ2v) is 11.3. The molecule has 1 N–H and O–H groups in total. The number of nitrogens with one attached hydrogen (secondary N) is 1. The average Bonchev–Trinajstić information content (AvgIpc) is 2.94. The van der Waals surface area contributed by atoms with E-state index in [1.807, 2.05) is 18.3 Å². The van der Waals surface area contributed by atoms with E-state index in [0.717, 1.165) is 43.9 Å². The number of aromatic nitrogens is 2. The van der Waals surface area contributed by atoms with Crippen molar-refractivity contribution in [3.05, 3.63) is 92.6 Å². The van der Waals surface area contributed by atoms with Gasteiger partial charge in [-0.2, -0.15) is 0 Å². The number of aryl methyl sites for hydroxylation is 1. The molecule has 1 atom stereocenters. The molecule has 2 aliphatic heterocycles. The Morgan fingerprint density at radius 3 is 2.79 bits per heavy atom. The van der Waals surface area contributed by atoms with Gasteiger partial charge in [0.2, 0.25) is 0 Å². The number of hydrogen-bond acceptors (Lipinski definition) is 5. The van der Waals surface area contributed by atoms with Crippen molar-refractivity contribution in [2.75, 3.05) is 19.6 Å². The molecule has 3 aliphatic rings. The minimum absolute atomic E-state index is 0.0885. The standard InChI is InChI=1S/C31H35ClN4O2/c32-26-7-8-27(34-19-26)21-38-29-10-15-36(30(37)18-29)28-9-6-24-16-23(4-5-25(24)17-28)20-35-14-2-1-11-31(35)12-3-13-33-22-31/h4-5,7-8,10,15-19,33H,1-3,6,9,11-14,20-22H2. The zero-order valence-corrected chi connectivity index (χ0v) is 22.6. The lowest BCUT2D eigenvalue weighted by Crippen LogP contribution is -2.59. The van der Waals surface area contributed by atoms with Gasteiger partial charge in [-0.1, -0.05) is 36.2 Å². The van der Waals surface area contributed by atoms with Gasteiger partial charge in [-0.25, -0.2) is 0 Å². The van der Waals surface area contributed by atoms with Crippen molar-refractivity contribution < 1.29 is 4.74 Å². The van der Waals surface area contributed by atoms with Crippen LogP contribution in [0.2, 0.25) is 5.02 Å². The molecule has 7 heteroatoms. The number of ether oxygens (including phenoxy) is 1. The molecule has 2 saturated heterocycles. The van der Waals surface area contributed by atoms with Crippen LogP contribution in [0.4, 0.5) is 0 Å². The third kappa shape index (κ3) is 5.44. The third-order valence-electron chi connectivity index (χ3n) is 8.37. The second kappa shape index (κ2) is 11.0. The number of pyridine rings is 2. The van der Waals surface area contributed by atoms with Gasteiger partial charge in [-0.3, -0.25) is 19.2 Å². The van der Waals surface area contributed by atoms with Crippen molar-refractivity contribution in [3.63, 3.8) is 0 Å². The van der Waals surface area contributed by atoms with E-state index in [4.69, 9.17) is 16.3 Å². The van der Waals surface area contributed by atoms with Crippen LogP contribution in [0.3, 0.4) is 0 Å². The van der Waals surface area contributed by atoms with E-state index in [0.29, 0.717) is 16.3 Å². The number of likely N-dealkylation sites (tertiary alicyclic amines) is 1. The summed E-state index contributed by atoms with van der Waals surface area (Å²) in [7, 11) is 0. The van der Waals surface area contributed by atoms with Crippen LogP contribution in [0, 0.1) is 0 Å². The lowest BCUT2D eigenvalue weighted by Gasteiger charge is -2.50. The quantitative estimate of drug-likeness (QED) is 0.454. The van der Waals surface area contributed by atoms with Gasteiger partial charge >= 0.3 is 0 Å². The van der Waals surface area contributed by atoms with E-state index < -0.39 is 0 Å². The van der Waals surface area contributed by atoms with Crippen LogP contribution in [-0.4, -0.2) is 39.6 Å². The lowest BCUT2D eigenvalue weighted by atomic mass is 9.80. The topological polar surface area (TPSA) is 59.4 Å². The predicted molar refractivity (Wildman–Crippen MR) is 152 cm³/mol. The number of rotatable bonds is 6. The van der Waals surface area contributed by atoms with E-state index in [1.165, 1.54) is 55.3 Å². The Bertz CT molecular complexity index is 1370. The molecule has 1 unspecified atom stereocenters. The SMILES string of the molecule is O=c1cc(OCc2ccc(Cl)cn2)ccn1C1=Cc2ccc(CN3CCCCC34CCCNC4)cc2CC1. The van der Waals surface area contributed by atoms with E-state index in [-0.39, 0.29) is 12.2 Å². The van der Waals surface area contributed by atoms with Crippen LogP contribution in [0.15, 0.2) is 59.7 Å². The van der Waals surface area contributed by atoms with Gasteiger partial charge in [-0.15, -0.1) is 0 Å². The Labute approximate surface area is 229 Å². The first kappa shape index (κ1) is 25.4. The van der Waals surface area contributed by atoms with Crippen LogP contribution >= 0.6 is 11.6 Å². The Morgan fingerprint density at radius 2 is 1.97 bits per heavy atom. The van der Waals surface area contributed by atoms with Gasteiger partial charge in [0.25, 0.3) is 5.56 Å². The average molecular weight is 531 g/mol. The molecule has 0 saturated carbocycles. The van der Waals surface area contributed by atoms with Crippen molar-refractivity contribution in [1.29, 1.82) is 0 Å². The third-order valence-corrected chi connectivity index (χ3v) is 8.59. The zero-order valence-electron chi connectivity index (χ0n) is 21.8. The first-order chi connectivity index (χ1) is 18.6. The largest absolute Gasteiger partial charge is 0.487 e. The predicted octanol–water partition coefficient (Wildman–Crippen LogP) is 5.53. The molecule has 6 rings (SSSR count). The summed E-state index contributed by atoms with van der Waals surface area (Å²) in [6.45, 7) is 4.79. The van der Waals surface area contributed by atoms with E-state index in [2.05, 4.69) is 39.5 Å². The van der Waals surface area contributed by atoms with Crippen LogP contribution < -0.4 is 15.6 Å². The molecule has 0 radical (unpaired) electrons. The van der Waals surface area contributed by atoms with Crippen LogP contribution in [-0.2, 0) is 19.6 Å². The number of nitrogens with zero attached hydrogens (tertiary/aromatic N) is 3. The van der Waals surface area contributed by atoms with Crippen molar-refractivity contribution in [3.8, 4) is 5.75 Å². The highest BCUT2D eigenvalue weighted by molar-refractivity contribution is 6.30. The molecular weight excluding hydrogens is 496 g/mol. The monoisotopic (exact) mass is 530 g/mol. The molecule has 3 aromatic rings.